The fourth-order valence-corrected chi connectivity index (χ4v) is 4.49. The highest BCUT2D eigenvalue weighted by Gasteiger charge is 2.30. The first-order valence-electron chi connectivity index (χ1n) is 8.29. The van der Waals surface area contributed by atoms with Crippen LogP contribution >= 0.6 is 11.8 Å². The van der Waals surface area contributed by atoms with Gasteiger partial charge in [0.2, 0.25) is 0 Å². The molecule has 1 aliphatic heterocycles. The molecule has 2 unspecified atom stereocenters. The molecular formula is C18H29NS. The minimum Gasteiger partial charge on any atom is -0.294 e. The Hall–Kier alpha value is -0.470. The molecule has 20 heavy (non-hydrogen) atoms. The first kappa shape index (κ1) is 15.9. The summed E-state index contributed by atoms with van der Waals surface area (Å²) in [6.45, 7) is 8.08. The summed E-state index contributed by atoms with van der Waals surface area (Å²) in [5, 5.41) is 0. The second-order valence-electron chi connectivity index (χ2n) is 5.69. The lowest BCUT2D eigenvalue weighted by molar-refractivity contribution is 0.0812. The highest BCUT2D eigenvalue weighted by atomic mass is 32.2. The average Bonchev–Trinajstić information content (AvgIpc) is 2.48. The van der Waals surface area contributed by atoms with Crippen LogP contribution in [0.5, 0.6) is 0 Å². The van der Waals surface area contributed by atoms with Gasteiger partial charge in [0.1, 0.15) is 0 Å². The van der Waals surface area contributed by atoms with Crippen LogP contribution in [0.25, 0.3) is 0 Å². The van der Waals surface area contributed by atoms with Crippen molar-refractivity contribution in [2.45, 2.75) is 69.9 Å². The minimum absolute atomic E-state index is 0.639. The van der Waals surface area contributed by atoms with Crippen LogP contribution in [0.15, 0.2) is 29.2 Å². The Kier molecular flexibility index (Phi) is 6.44. The summed E-state index contributed by atoms with van der Waals surface area (Å²) in [6.07, 6.45) is 6.76. The van der Waals surface area contributed by atoms with Crippen LogP contribution in [0.4, 0.5) is 0 Å². The third-order valence-electron chi connectivity index (χ3n) is 4.45. The van der Waals surface area contributed by atoms with Crippen LogP contribution in [-0.4, -0.2) is 23.2 Å². The van der Waals surface area contributed by atoms with E-state index in [4.69, 9.17) is 0 Å². The fraction of sp³-hybridized carbons (Fsp3) is 0.667. The van der Waals surface area contributed by atoms with E-state index < -0.39 is 0 Å². The van der Waals surface area contributed by atoms with Gasteiger partial charge in [-0.05, 0) is 49.6 Å². The van der Waals surface area contributed by atoms with Crippen molar-refractivity contribution in [1.82, 2.24) is 4.90 Å². The topological polar surface area (TPSA) is 3.24 Å². The summed E-state index contributed by atoms with van der Waals surface area (Å²) in [4.78, 5) is 4.26. The third kappa shape index (κ3) is 3.59. The highest BCUT2D eigenvalue weighted by molar-refractivity contribution is 7.99. The zero-order valence-corrected chi connectivity index (χ0v) is 14.1. The van der Waals surface area contributed by atoms with Crippen LogP contribution in [0, 0.1) is 0 Å². The lowest BCUT2D eigenvalue weighted by Crippen LogP contribution is -2.41. The molecule has 0 aliphatic carbocycles. The predicted octanol–water partition coefficient (Wildman–Crippen LogP) is 5.51. The average molecular weight is 292 g/mol. The molecule has 1 aliphatic rings. The molecule has 1 nitrogen and oxygen atoms in total. The van der Waals surface area contributed by atoms with Gasteiger partial charge in [-0.2, -0.15) is 0 Å². The molecule has 1 heterocycles. The van der Waals surface area contributed by atoms with Gasteiger partial charge in [0, 0.05) is 17.0 Å². The van der Waals surface area contributed by atoms with Gasteiger partial charge in [-0.25, -0.2) is 0 Å². The minimum atomic E-state index is 0.639. The van der Waals surface area contributed by atoms with E-state index in [0.717, 1.165) is 11.8 Å². The van der Waals surface area contributed by atoms with Crippen LogP contribution in [-0.2, 0) is 0 Å². The third-order valence-corrected chi connectivity index (χ3v) is 5.42. The molecule has 112 valence electrons. The summed E-state index contributed by atoms with van der Waals surface area (Å²) >= 11 is 2.00. The number of likely N-dealkylation sites (tertiary alicyclic amines) is 1. The van der Waals surface area contributed by atoms with Crippen LogP contribution in [0.3, 0.4) is 0 Å². The quantitative estimate of drug-likeness (QED) is 0.635. The number of hydrogen-bond donors (Lipinski definition) is 0. The monoisotopic (exact) mass is 291 g/mol. The number of nitrogens with zero attached hydrogens (tertiary/aromatic N) is 1. The molecule has 1 aromatic carbocycles. The molecule has 0 aromatic heterocycles. The Morgan fingerprint density at radius 3 is 2.65 bits per heavy atom. The maximum absolute atomic E-state index is 2.77. The van der Waals surface area contributed by atoms with Crippen LogP contribution in [0.2, 0.25) is 0 Å². The van der Waals surface area contributed by atoms with E-state index in [1.54, 1.807) is 5.56 Å². The summed E-state index contributed by atoms with van der Waals surface area (Å²) in [5.41, 5.74) is 1.57. The summed E-state index contributed by atoms with van der Waals surface area (Å²) < 4.78 is 0. The van der Waals surface area contributed by atoms with E-state index in [0.29, 0.717) is 6.04 Å². The first-order valence-corrected chi connectivity index (χ1v) is 9.27. The Balaban J connectivity index is 2.25. The molecule has 1 fully saturated rings. The van der Waals surface area contributed by atoms with Crippen molar-refractivity contribution in [3.63, 3.8) is 0 Å². The van der Waals surface area contributed by atoms with Crippen LogP contribution < -0.4 is 0 Å². The van der Waals surface area contributed by atoms with E-state index in [9.17, 15) is 0 Å². The lowest BCUT2D eigenvalue weighted by atomic mass is 9.89. The largest absolute Gasteiger partial charge is 0.294 e. The predicted molar refractivity (Wildman–Crippen MR) is 90.5 cm³/mol. The Bertz CT molecular complexity index is 402. The van der Waals surface area contributed by atoms with E-state index >= 15 is 0 Å². The van der Waals surface area contributed by atoms with Gasteiger partial charge in [0.25, 0.3) is 0 Å². The molecule has 0 N–H and O–H groups in total. The molecule has 0 saturated carbocycles. The fourth-order valence-electron chi connectivity index (χ4n) is 3.63. The van der Waals surface area contributed by atoms with E-state index in [2.05, 4.69) is 49.9 Å². The van der Waals surface area contributed by atoms with Crippen molar-refractivity contribution in [2.75, 3.05) is 12.3 Å². The van der Waals surface area contributed by atoms with Crippen LogP contribution in [0.1, 0.15) is 64.5 Å². The van der Waals surface area contributed by atoms with Crippen molar-refractivity contribution in [2.24, 2.45) is 0 Å². The maximum atomic E-state index is 2.77. The zero-order chi connectivity index (χ0) is 14.4. The molecule has 1 saturated heterocycles. The van der Waals surface area contributed by atoms with E-state index in [-0.39, 0.29) is 0 Å². The van der Waals surface area contributed by atoms with E-state index in [1.807, 2.05) is 11.8 Å². The first-order chi connectivity index (χ1) is 9.81. The Morgan fingerprint density at radius 1 is 1.15 bits per heavy atom. The number of rotatable bonds is 6. The van der Waals surface area contributed by atoms with Gasteiger partial charge in [0.05, 0.1) is 0 Å². The molecule has 0 bridgehead atoms. The molecule has 0 amide bonds. The second-order valence-corrected chi connectivity index (χ2v) is 7.00. The molecule has 2 rings (SSSR count). The van der Waals surface area contributed by atoms with Crippen molar-refractivity contribution in [3.05, 3.63) is 29.8 Å². The Labute approximate surface area is 129 Å². The number of benzene rings is 1. The van der Waals surface area contributed by atoms with Crippen molar-refractivity contribution < 1.29 is 0 Å². The smallest absolute Gasteiger partial charge is 0.0362 e. The number of thioether (sulfide) groups is 1. The van der Waals surface area contributed by atoms with Gasteiger partial charge in [-0.1, -0.05) is 45.4 Å². The summed E-state index contributed by atoms with van der Waals surface area (Å²) in [6, 6.07) is 10.5. The van der Waals surface area contributed by atoms with E-state index in [1.165, 1.54) is 43.5 Å². The van der Waals surface area contributed by atoms with Gasteiger partial charge in [-0.15, -0.1) is 11.8 Å². The number of piperidine rings is 1. The molecule has 1 aromatic rings. The van der Waals surface area contributed by atoms with Gasteiger partial charge >= 0.3 is 0 Å². The molecule has 2 atom stereocenters. The van der Waals surface area contributed by atoms with Crippen molar-refractivity contribution in [3.8, 4) is 0 Å². The summed E-state index contributed by atoms with van der Waals surface area (Å²) in [7, 11) is 0. The molecule has 0 spiro atoms. The van der Waals surface area contributed by atoms with Gasteiger partial charge in [0.15, 0.2) is 0 Å². The Morgan fingerprint density at radius 2 is 1.95 bits per heavy atom. The number of hydrogen-bond acceptors (Lipinski definition) is 2. The highest BCUT2D eigenvalue weighted by Crippen LogP contribution is 2.39. The summed E-state index contributed by atoms with van der Waals surface area (Å²) in [5.74, 6) is 1.16. The molecule has 2 heteroatoms. The second kappa shape index (κ2) is 8.09. The van der Waals surface area contributed by atoms with Gasteiger partial charge in [-0.3, -0.25) is 4.90 Å². The molecule has 0 radical (unpaired) electrons. The zero-order valence-electron chi connectivity index (χ0n) is 13.3. The van der Waals surface area contributed by atoms with Gasteiger partial charge < -0.3 is 0 Å². The van der Waals surface area contributed by atoms with Crippen molar-refractivity contribution in [1.29, 1.82) is 0 Å². The normalized spacial score (nSPS) is 23.9. The maximum Gasteiger partial charge on any atom is 0.0362 e. The van der Waals surface area contributed by atoms with Crippen molar-refractivity contribution >= 4 is 11.8 Å². The standard InChI is InChI=1S/C18H29NS/c1-4-10-15-11-9-13-17(19(15)5-2)16-12-7-8-14-18(16)20-6-3/h7-8,12,14-15,17H,4-6,9-11,13H2,1-3H3. The lowest BCUT2D eigenvalue weighted by Gasteiger charge is -2.42. The SMILES string of the molecule is CCCC1CCCC(c2ccccc2SCC)N1CC. The molecular weight excluding hydrogens is 262 g/mol.